The Hall–Kier alpha value is -1.05. The molecule has 2 heteroatoms. The molecule has 1 aliphatic carbocycles. The fourth-order valence-corrected chi connectivity index (χ4v) is 2.86. The van der Waals surface area contributed by atoms with E-state index >= 15 is 0 Å². The molecule has 0 aliphatic heterocycles. The first-order chi connectivity index (χ1) is 10.3. The van der Waals surface area contributed by atoms with E-state index in [0.717, 1.165) is 24.8 Å². The molecule has 0 saturated heterocycles. The predicted molar refractivity (Wildman–Crippen MR) is 89.3 cm³/mol. The molecule has 2 nitrogen and oxygen atoms in total. The molecule has 0 amide bonds. The molecule has 0 bridgehead atoms. The van der Waals surface area contributed by atoms with Crippen molar-refractivity contribution in [3.05, 3.63) is 24.0 Å². The van der Waals surface area contributed by atoms with Gasteiger partial charge in [0.15, 0.2) is 5.78 Å². The summed E-state index contributed by atoms with van der Waals surface area (Å²) in [5, 5.41) is 0. The van der Waals surface area contributed by atoms with Crippen molar-refractivity contribution in [2.75, 3.05) is 6.61 Å². The third kappa shape index (κ3) is 8.08. The Morgan fingerprint density at radius 1 is 1.00 bits per heavy atom. The van der Waals surface area contributed by atoms with Crippen LogP contribution in [0, 0.1) is 0 Å². The number of rotatable bonds is 3. The van der Waals surface area contributed by atoms with Gasteiger partial charge in [0.1, 0.15) is 5.76 Å². The smallest absolute Gasteiger partial charge is 0.166 e. The second-order valence-corrected chi connectivity index (χ2v) is 5.97. The van der Waals surface area contributed by atoms with Crippen LogP contribution in [0.4, 0.5) is 0 Å². The van der Waals surface area contributed by atoms with Gasteiger partial charge in [-0.1, -0.05) is 64.0 Å². The molecule has 21 heavy (non-hydrogen) atoms. The summed E-state index contributed by atoms with van der Waals surface area (Å²) in [4.78, 5) is 12.4. The van der Waals surface area contributed by atoms with Gasteiger partial charge in [0.2, 0.25) is 0 Å². The lowest BCUT2D eigenvalue weighted by molar-refractivity contribution is -0.115. The molecule has 120 valence electrons. The first-order valence-corrected chi connectivity index (χ1v) is 8.81. The van der Waals surface area contributed by atoms with Crippen LogP contribution < -0.4 is 0 Å². The summed E-state index contributed by atoms with van der Waals surface area (Å²) in [5.41, 5.74) is 0.728. The number of ketones is 1. The maximum Gasteiger partial charge on any atom is 0.166 e. The van der Waals surface area contributed by atoms with Gasteiger partial charge in [-0.25, -0.2) is 0 Å². The number of allylic oxidation sites excluding steroid dienone is 2. The number of hydrogen-bond acceptors (Lipinski definition) is 2. The molecule has 0 N–H and O–H groups in total. The Balaban J connectivity index is 2.59. The fourth-order valence-electron chi connectivity index (χ4n) is 2.86. The minimum absolute atomic E-state index is 0.211. The number of ether oxygens (including phenoxy) is 1. The zero-order valence-corrected chi connectivity index (χ0v) is 13.8. The van der Waals surface area contributed by atoms with Gasteiger partial charge < -0.3 is 4.74 Å². The quantitative estimate of drug-likeness (QED) is 0.621. The van der Waals surface area contributed by atoms with E-state index in [4.69, 9.17) is 4.74 Å². The summed E-state index contributed by atoms with van der Waals surface area (Å²) < 4.78 is 5.46. The van der Waals surface area contributed by atoms with E-state index < -0.39 is 0 Å². The first kappa shape index (κ1) is 18.0. The number of hydrogen-bond donors (Lipinski definition) is 0. The normalized spacial score (nSPS) is 22.5. The van der Waals surface area contributed by atoms with Crippen molar-refractivity contribution in [3.63, 3.8) is 0 Å². The predicted octanol–water partition coefficient (Wildman–Crippen LogP) is 5.73. The van der Waals surface area contributed by atoms with Crippen molar-refractivity contribution in [2.24, 2.45) is 0 Å². The average molecular weight is 292 g/mol. The largest absolute Gasteiger partial charge is 0.494 e. The van der Waals surface area contributed by atoms with E-state index in [1.54, 1.807) is 0 Å². The van der Waals surface area contributed by atoms with Gasteiger partial charge in [0, 0.05) is 6.42 Å². The van der Waals surface area contributed by atoms with Crippen LogP contribution in [0.5, 0.6) is 0 Å². The van der Waals surface area contributed by atoms with E-state index in [9.17, 15) is 4.79 Å². The molecule has 0 aromatic heterocycles. The molecule has 0 radical (unpaired) electrons. The van der Waals surface area contributed by atoms with Gasteiger partial charge in [-0.3, -0.25) is 4.79 Å². The van der Waals surface area contributed by atoms with Gasteiger partial charge >= 0.3 is 0 Å². The molecular formula is C19H32O2. The summed E-state index contributed by atoms with van der Waals surface area (Å²) in [6.07, 6.45) is 16.3. The average Bonchev–Trinajstić information content (AvgIpc) is 2.47. The second kappa shape index (κ2) is 11.6. The molecule has 0 atom stereocenters. The summed E-state index contributed by atoms with van der Waals surface area (Å²) in [7, 11) is 0. The monoisotopic (exact) mass is 292 g/mol. The summed E-state index contributed by atoms with van der Waals surface area (Å²) in [6, 6.07) is 0. The molecule has 0 spiro atoms. The Bertz CT molecular complexity index is 341. The Morgan fingerprint density at radius 3 is 2.10 bits per heavy atom. The standard InChI is InChI=1S/C19H32O2/c1-3-21-17(2)18-15-13-11-9-7-5-4-6-8-10-12-14-16-19(18)20/h15H,2-14,16H2,1H3/b18-15-. The number of carbonyl (C=O) groups excluding carboxylic acids is 1. The van der Waals surface area contributed by atoms with Gasteiger partial charge in [0.25, 0.3) is 0 Å². The van der Waals surface area contributed by atoms with E-state index in [-0.39, 0.29) is 5.78 Å². The van der Waals surface area contributed by atoms with Gasteiger partial charge in [-0.2, -0.15) is 0 Å². The molecule has 0 saturated carbocycles. The summed E-state index contributed by atoms with van der Waals surface area (Å²) >= 11 is 0. The van der Waals surface area contributed by atoms with Crippen LogP contribution in [-0.4, -0.2) is 12.4 Å². The third-order valence-corrected chi connectivity index (χ3v) is 4.13. The molecule has 1 rings (SSSR count). The van der Waals surface area contributed by atoms with Gasteiger partial charge in [-0.05, 0) is 26.2 Å². The summed E-state index contributed by atoms with van der Waals surface area (Å²) in [6.45, 7) is 6.43. The molecule has 0 heterocycles. The molecule has 0 fully saturated rings. The van der Waals surface area contributed by atoms with Crippen LogP contribution >= 0.6 is 0 Å². The minimum atomic E-state index is 0.211. The third-order valence-electron chi connectivity index (χ3n) is 4.13. The molecule has 0 unspecified atom stereocenters. The zero-order chi connectivity index (χ0) is 15.3. The van der Waals surface area contributed by atoms with Crippen LogP contribution in [0.25, 0.3) is 0 Å². The van der Waals surface area contributed by atoms with Crippen LogP contribution in [0.1, 0.15) is 84.0 Å². The van der Waals surface area contributed by atoms with Crippen LogP contribution in [0.3, 0.4) is 0 Å². The molecule has 0 aromatic rings. The molecule has 0 aromatic carbocycles. The topological polar surface area (TPSA) is 26.3 Å². The van der Waals surface area contributed by atoms with Crippen LogP contribution in [-0.2, 0) is 9.53 Å². The Morgan fingerprint density at radius 2 is 1.52 bits per heavy atom. The van der Waals surface area contributed by atoms with Gasteiger partial charge in [0.05, 0.1) is 12.2 Å². The van der Waals surface area contributed by atoms with Crippen LogP contribution in [0.15, 0.2) is 24.0 Å². The lowest BCUT2D eigenvalue weighted by Crippen LogP contribution is -2.07. The fraction of sp³-hybridized carbons (Fsp3) is 0.737. The lowest BCUT2D eigenvalue weighted by Gasteiger charge is -2.11. The maximum atomic E-state index is 12.4. The minimum Gasteiger partial charge on any atom is -0.494 e. The van der Waals surface area contributed by atoms with Gasteiger partial charge in [-0.15, -0.1) is 0 Å². The first-order valence-electron chi connectivity index (χ1n) is 8.81. The van der Waals surface area contributed by atoms with Crippen molar-refractivity contribution in [1.82, 2.24) is 0 Å². The zero-order valence-electron chi connectivity index (χ0n) is 13.8. The second-order valence-electron chi connectivity index (χ2n) is 5.97. The van der Waals surface area contributed by atoms with Crippen molar-refractivity contribution in [1.29, 1.82) is 0 Å². The van der Waals surface area contributed by atoms with Crippen molar-refractivity contribution < 1.29 is 9.53 Å². The molecule has 1 aliphatic rings. The highest BCUT2D eigenvalue weighted by Crippen LogP contribution is 2.19. The van der Waals surface area contributed by atoms with E-state index in [0.29, 0.717) is 18.8 Å². The highest BCUT2D eigenvalue weighted by molar-refractivity contribution is 5.98. The SMILES string of the molecule is C=C(OCC)/C1=C/CCCCCCCCCCCCC1=O. The number of carbonyl (C=O) groups is 1. The summed E-state index contributed by atoms with van der Waals surface area (Å²) in [5.74, 6) is 0.773. The van der Waals surface area contributed by atoms with E-state index in [1.807, 2.05) is 6.92 Å². The lowest BCUT2D eigenvalue weighted by atomic mass is 10.0. The van der Waals surface area contributed by atoms with Crippen molar-refractivity contribution in [2.45, 2.75) is 84.0 Å². The van der Waals surface area contributed by atoms with E-state index in [2.05, 4.69) is 12.7 Å². The Labute approximate surface area is 130 Å². The van der Waals surface area contributed by atoms with Crippen LogP contribution in [0.2, 0.25) is 0 Å². The molecular weight excluding hydrogens is 260 g/mol. The highest BCUT2D eigenvalue weighted by atomic mass is 16.5. The number of Topliss-reactive ketones (excluding diaryl/α,β-unsaturated/α-hetero) is 1. The van der Waals surface area contributed by atoms with E-state index in [1.165, 1.54) is 51.4 Å². The maximum absolute atomic E-state index is 12.4. The Kier molecular flexibility index (Phi) is 9.94. The highest BCUT2D eigenvalue weighted by Gasteiger charge is 2.13. The van der Waals surface area contributed by atoms with Crippen molar-refractivity contribution >= 4 is 5.78 Å². The van der Waals surface area contributed by atoms with Crippen molar-refractivity contribution in [3.8, 4) is 0 Å².